The van der Waals surface area contributed by atoms with Crippen LogP contribution in [-0.4, -0.2) is 41.7 Å². The molecule has 0 aliphatic heterocycles. The number of nitrogens with two attached hydrogens (primary N) is 1. The van der Waals surface area contributed by atoms with Crippen LogP contribution in [0.2, 0.25) is 0 Å². The van der Waals surface area contributed by atoms with Gasteiger partial charge in [0.1, 0.15) is 0 Å². The first kappa shape index (κ1) is 15.4. The van der Waals surface area contributed by atoms with Gasteiger partial charge in [0.15, 0.2) is 0 Å². The van der Waals surface area contributed by atoms with Gasteiger partial charge in [0, 0.05) is 19.1 Å². The van der Waals surface area contributed by atoms with E-state index >= 15 is 0 Å². The van der Waals surface area contributed by atoms with Gasteiger partial charge >= 0.3 is 0 Å². The third-order valence-electron chi connectivity index (χ3n) is 3.78. The van der Waals surface area contributed by atoms with E-state index in [4.69, 9.17) is 10.8 Å². The quantitative estimate of drug-likeness (QED) is 0.723. The molecule has 1 aliphatic rings. The molecular weight excluding hydrogens is 228 g/mol. The molecule has 1 amide bonds. The minimum Gasteiger partial charge on any atom is -0.395 e. The van der Waals surface area contributed by atoms with Crippen molar-refractivity contribution in [3.8, 4) is 0 Å². The molecular formula is C14H28N2O2. The van der Waals surface area contributed by atoms with Gasteiger partial charge in [-0.25, -0.2) is 0 Å². The van der Waals surface area contributed by atoms with Gasteiger partial charge < -0.3 is 15.7 Å². The third kappa shape index (κ3) is 4.25. The van der Waals surface area contributed by atoms with Crippen molar-refractivity contribution in [2.75, 3.05) is 19.7 Å². The monoisotopic (exact) mass is 256 g/mol. The molecule has 0 bridgehead atoms. The van der Waals surface area contributed by atoms with E-state index in [0.29, 0.717) is 25.0 Å². The zero-order valence-electron chi connectivity index (χ0n) is 11.8. The Morgan fingerprint density at radius 1 is 1.39 bits per heavy atom. The highest BCUT2D eigenvalue weighted by molar-refractivity contribution is 5.79. The molecule has 1 rings (SSSR count). The Morgan fingerprint density at radius 2 is 2.00 bits per heavy atom. The molecule has 1 saturated carbocycles. The summed E-state index contributed by atoms with van der Waals surface area (Å²) in [5.41, 5.74) is 5.74. The second kappa shape index (κ2) is 7.74. The molecule has 1 unspecified atom stereocenters. The van der Waals surface area contributed by atoms with Crippen LogP contribution >= 0.6 is 0 Å². The van der Waals surface area contributed by atoms with E-state index in [1.165, 1.54) is 12.8 Å². The summed E-state index contributed by atoms with van der Waals surface area (Å²) in [5.74, 6) is 0.534. The maximum Gasteiger partial charge on any atom is 0.227 e. The van der Waals surface area contributed by atoms with Crippen LogP contribution in [-0.2, 0) is 4.79 Å². The lowest BCUT2D eigenvalue weighted by Crippen LogP contribution is -2.46. The van der Waals surface area contributed by atoms with Gasteiger partial charge in [-0.2, -0.15) is 0 Å². The summed E-state index contributed by atoms with van der Waals surface area (Å²) in [6, 6.07) is 0.325. The van der Waals surface area contributed by atoms with Crippen LogP contribution in [0.1, 0.15) is 46.0 Å². The number of aliphatic hydroxyl groups excluding tert-OH is 1. The molecule has 18 heavy (non-hydrogen) atoms. The van der Waals surface area contributed by atoms with Gasteiger partial charge in [0.05, 0.1) is 12.5 Å². The van der Waals surface area contributed by atoms with E-state index in [1.54, 1.807) is 0 Å². The van der Waals surface area contributed by atoms with Crippen LogP contribution in [0.3, 0.4) is 0 Å². The molecule has 0 aromatic carbocycles. The summed E-state index contributed by atoms with van der Waals surface area (Å²) in [6.07, 6.45) is 5.37. The molecule has 3 N–H and O–H groups in total. The van der Waals surface area contributed by atoms with Gasteiger partial charge in [-0.15, -0.1) is 0 Å². The van der Waals surface area contributed by atoms with Gasteiger partial charge in [-0.1, -0.05) is 26.7 Å². The molecule has 0 saturated heterocycles. The number of amides is 1. The maximum absolute atomic E-state index is 12.5. The number of hydrogen-bond donors (Lipinski definition) is 2. The molecule has 1 fully saturated rings. The first-order valence-electron chi connectivity index (χ1n) is 7.21. The van der Waals surface area contributed by atoms with Crippen molar-refractivity contribution in [2.24, 2.45) is 17.6 Å². The number of carbonyl (C=O) groups is 1. The smallest absolute Gasteiger partial charge is 0.227 e. The molecule has 0 radical (unpaired) electrons. The van der Waals surface area contributed by atoms with Crippen molar-refractivity contribution in [2.45, 2.75) is 52.0 Å². The minimum absolute atomic E-state index is 0.0429. The molecule has 0 spiro atoms. The van der Waals surface area contributed by atoms with E-state index in [1.807, 2.05) is 4.90 Å². The summed E-state index contributed by atoms with van der Waals surface area (Å²) in [5, 5.41) is 9.16. The fourth-order valence-corrected chi connectivity index (χ4v) is 2.90. The zero-order chi connectivity index (χ0) is 13.5. The van der Waals surface area contributed by atoms with Crippen LogP contribution in [0, 0.1) is 11.8 Å². The van der Waals surface area contributed by atoms with Crippen LogP contribution < -0.4 is 5.73 Å². The standard InChI is InChI=1S/C14H28N2O2/c1-11(2)9-12(10-15)14(18)16(7-8-17)13-5-3-4-6-13/h11-13,17H,3-10,15H2,1-2H3. The molecule has 4 nitrogen and oxygen atoms in total. The Morgan fingerprint density at radius 3 is 2.44 bits per heavy atom. The Labute approximate surface area is 111 Å². The van der Waals surface area contributed by atoms with Gasteiger partial charge in [0.25, 0.3) is 0 Å². The first-order chi connectivity index (χ1) is 8.60. The maximum atomic E-state index is 12.5. The highest BCUT2D eigenvalue weighted by atomic mass is 16.3. The number of hydrogen-bond acceptors (Lipinski definition) is 3. The predicted molar refractivity (Wildman–Crippen MR) is 73.1 cm³/mol. The van der Waals surface area contributed by atoms with Crippen molar-refractivity contribution in [3.05, 3.63) is 0 Å². The fraction of sp³-hybridized carbons (Fsp3) is 0.929. The minimum atomic E-state index is -0.0860. The highest BCUT2D eigenvalue weighted by Gasteiger charge is 2.30. The van der Waals surface area contributed by atoms with E-state index in [9.17, 15) is 4.79 Å². The number of carbonyl (C=O) groups excluding carboxylic acids is 1. The molecule has 1 aliphatic carbocycles. The highest BCUT2D eigenvalue weighted by Crippen LogP contribution is 2.25. The fourth-order valence-electron chi connectivity index (χ4n) is 2.90. The Balaban J connectivity index is 2.66. The normalized spacial score (nSPS) is 18.3. The van der Waals surface area contributed by atoms with E-state index in [2.05, 4.69) is 13.8 Å². The van der Waals surface area contributed by atoms with Gasteiger partial charge in [0.2, 0.25) is 5.91 Å². The topological polar surface area (TPSA) is 66.6 Å². The number of nitrogens with zero attached hydrogens (tertiary/aromatic N) is 1. The van der Waals surface area contributed by atoms with E-state index < -0.39 is 0 Å². The molecule has 0 heterocycles. The number of aliphatic hydroxyl groups is 1. The number of rotatable bonds is 7. The summed E-state index contributed by atoms with van der Waals surface area (Å²) < 4.78 is 0. The van der Waals surface area contributed by atoms with E-state index in [0.717, 1.165) is 19.3 Å². The average molecular weight is 256 g/mol. The molecule has 106 valence electrons. The SMILES string of the molecule is CC(C)CC(CN)C(=O)N(CCO)C1CCCC1. The second-order valence-corrected chi connectivity index (χ2v) is 5.76. The molecule has 0 aromatic rings. The lowest BCUT2D eigenvalue weighted by molar-refractivity contribution is -0.138. The van der Waals surface area contributed by atoms with Crippen molar-refractivity contribution in [1.82, 2.24) is 4.90 Å². The predicted octanol–water partition coefficient (Wildman–Crippen LogP) is 1.37. The Bertz CT molecular complexity index is 250. The summed E-state index contributed by atoms with van der Waals surface area (Å²) in [6.45, 7) is 5.13. The zero-order valence-corrected chi connectivity index (χ0v) is 11.8. The molecule has 4 heteroatoms. The van der Waals surface area contributed by atoms with Crippen molar-refractivity contribution < 1.29 is 9.90 Å². The Kier molecular flexibility index (Phi) is 6.65. The largest absolute Gasteiger partial charge is 0.395 e. The Hall–Kier alpha value is -0.610. The van der Waals surface area contributed by atoms with Gasteiger partial charge in [-0.05, 0) is 25.2 Å². The molecule has 0 aromatic heterocycles. The van der Waals surface area contributed by atoms with E-state index in [-0.39, 0.29) is 18.4 Å². The van der Waals surface area contributed by atoms with Crippen molar-refractivity contribution in [3.63, 3.8) is 0 Å². The molecule has 1 atom stereocenters. The van der Waals surface area contributed by atoms with Crippen molar-refractivity contribution in [1.29, 1.82) is 0 Å². The summed E-state index contributed by atoms with van der Waals surface area (Å²) in [4.78, 5) is 14.4. The van der Waals surface area contributed by atoms with Crippen LogP contribution in [0.4, 0.5) is 0 Å². The van der Waals surface area contributed by atoms with Crippen molar-refractivity contribution >= 4 is 5.91 Å². The lowest BCUT2D eigenvalue weighted by Gasteiger charge is -2.32. The second-order valence-electron chi connectivity index (χ2n) is 5.76. The third-order valence-corrected chi connectivity index (χ3v) is 3.78. The summed E-state index contributed by atoms with van der Waals surface area (Å²) >= 11 is 0. The van der Waals surface area contributed by atoms with Crippen LogP contribution in [0.15, 0.2) is 0 Å². The van der Waals surface area contributed by atoms with Crippen LogP contribution in [0.5, 0.6) is 0 Å². The summed E-state index contributed by atoms with van der Waals surface area (Å²) in [7, 11) is 0. The van der Waals surface area contributed by atoms with Gasteiger partial charge in [-0.3, -0.25) is 4.79 Å². The average Bonchev–Trinajstić information content (AvgIpc) is 2.85. The van der Waals surface area contributed by atoms with Crippen LogP contribution in [0.25, 0.3) is 0 Å². The lowest BCUT2D eigenvalue weighted by atomic mass is 9.95. The first-order valence-corrected chi connectivity index (χ1v) is 7.21.